The molecule has 4 heteroatoms. The molecule has 1 aromatic carbocycles. The molecule has 19 heavy (non-hydrogen) atoms. The van der Waals surface area contributed by atoms with Crippen molar-refractivity contribution in [1.29, 1.82) is 0 Å². The Morgan fingerprint density at radius 2 is 2.21 bits per heavy atom. The number of aliphatic hydroxyl groups excluding tert-OH is 1. The smallest absolute Gasteiger partial charge is 0.143 e. The third-order valence-corrected chi connectivity index (χ3v) is 3.28. The fraction of sp³-hybridized carbons (Fsp3) is 0.600. The van der Waals surface area contributed by atoms with Crippen LogP contribution >= 0.6 is 0 Å². The van der Waals surface area contributed by atoms with Gasteiger partial charge in [0.2, 0.25) is 0 Å². The maximum absolute atomic E-state index is 9.22. The van der Waals surface area contributed by atoms with Gasteiger partial charge in [0, 0.05) is 20.3 Å². The molecule has 0 radical (unpaired) electrons. The Morgan fingerprint density at radius 3 is 2.89 bits per heavy atom. The van der Waals surface area contributed by atoms with Crippen LogP contribution in [0.4, 0.5) is 5.69 Å². The molecule has 0 aliphatic carbocycles. The van der Waals surface area contributed by atoms with E-state index in [0.717, 1.165) is 43.1 Å². The van der Waals surface area contributed by atoms with E-state index in [1.807, 2.05) is 18.2 Å². The minimum absolute atomic E-state index is 0.0424. The number of anilines is 1. The third-order valence-electron chi connectivity index (χ3n) is 3.28. The number of hydrogen-bond donors (Lipinski definition) is 1. The van der Waals surface area contributed by atoms with Crippen LogP contribution in [0.2, 0.25) is 0 Å². The van der Waals surface area contributed by atoms with Crippen LogP contribution in [0, 0.1) is 0 Å². The first kappa shape index (κ1) is 14.2. The van der Waals surface area contributed by atoms with Crippen LogP contribution in [0.15, 0.2) is 18.2 Å². The summed E-state index contributed by atoms with van der Waals surface area (Å²) in [5, 5.41) is 9.22. The Hall–Kier alpha value is -1.26. The highest BCUT2D eigenvalue weighted by Crippen LogP contribution is 2.37. The average molecular weight is 265 g/mol. The highest BCUT2D eigenvalue weighted by atomic mass is 16.5. The van der Waals surface area contributed by atoms with Crippen LogP contribution in [-0.2, 0) is 11.3 Å². The lowest BCUT2D eigenvalue weighted by Crippen LogP contribution is -2.47. The molecule has 0 amide bonds. The second kappa shape index (κ2) is 5.80. The molecule has 0 fully saturated rings. The lowest BCUT2D eigenvalue weighted by Gasteiger charge is -2.41. The zero-order valence-corrected chi connectivity index (χ0v) is 12.0. The van der Waals surface area contributed by atoms with Gasteiger partial charge in [-0.15, -0.1) is 0 Å². The Kier molecular flexibility index (Phi) is 4.32. The summed E-state index contributed by atoms with van der Waals surface area (Å²) in [7, 11) is 1.73. The molecule has 0 spiro atoms. The van der Waals surface area contributed by atoms with Gasteiger partial charge < -0.3 is 19.5 Å². The zero-order valence-electron chi connectivity index (χ0n) is 12.0. The highest BCUT2D eigenvalue weighted by molar-refractivity contribution is 5.61. The van der Waals surface area contributed by atoms with Gasteiger partial charge in [0.25, 0.3) is 0 Å². The number of hydrogen-bond acceptors (Lipinski definition) is 4. The minimum atomic E-state index is -0.214. The van der Waals surface area contributed by atoms with Crippen molar-refractivity contribution in [3.63, 3.8) is 0 Å². The van der Waals surface area contributed by atoms with Crippen LogP contribution in [0.25, 0.3) is 0 Å². The minimum Gasteiger partial charge on any atom is -0.484 e. The van der Waals surface area contributed by atoms with Gasteiger partial charge in [0.05, 0.1) is 18.8 Å². The van der Waals surface area contributed by atoms with Crippen molar-refractivity contribution in [1.82, 2.24) is 0 Å². The molecule has 1 aromatic rings. The summed E-state index contributed by atoms with van der Waals surface area (Å²) in [5.74, 6) is 0.861. The predicted octanol–water partition coefficient (Wildman–Crippen LogP) is 2.19. The van der Waals surface area contributed by atoms with Crippen molar-refractivity contribution in [3.8, 4) is 5.75 Å². The maximum Gasteiger partial charge on any atom is 0.143 e. The van der Waals surface area contributed by atoms with E-state index in [1.54, 1.807) is 7.11 Å². The quantitative estimate of drug-likeness (QED) is 0.829. The van der Waals surface area contributed by atoms with Gasteiger partial charge >= 0.3 is 0 Å². The molecule has 0 unspecified atom stereocenters. The monoisotopic (exact) mass is 265 g/mol. The Bertz CT molecular complexity index is 431. The Morgan fingerprint density at radius 1 is 1.42 bits per heavy atom. The van der Waals surface area contributed by atoms with E-state index >= 15 is 0 Å². The normalized spacial score (nSPS) is 16.9. The fourth-order valence-corrected chi connectivity index (χ4v) is 2.47. The number of nitrogens with zero attached hydrogens (tertiary/aromatic N) is 1. The van der Waals surface area contributed by atoms with E-state index in [2.05, 4.69) is 18.7 Å². The molecule has 2 rings (SSSR count). The van der Waals surface area contributed by atoms with E-state index in [4.69, 9.17) is 9.47 Å². The summed E-state index contributed by atoms with van der Waals surface area (Å²) in [4.78, 5) is 2.33. The average Bonchev–Trinajstić information content (AvgIpc) is 2.36. The molecule has 4 nitrogen and oxygen atoms in total. The summed E-state index contributed by atoms with van der Waals surface area (Å²) >= 11 is 0. The first-order chi connectivity index (χ1) is 9.05. The second-order valence-electron chi connectivity index (χ2n) is 5.59. The molecule has 1 aliphatic rings. The van der Waals surface area contributed by atoms with Gasteiger partial charge in [-0.05, 0) is 38.0 Å². The standard InChI is InChI=1S/C15H23NO3/c1-15(2)11-16(7-4-8-18-3)13-6-5-12(10-17)9-14(13)19-15/h5-6,9,17H,4,7-8,10-11H2,1-3H3. The zero-order chi connectivity index (χ0) is 13.9. The predicted molar refractivity (Wildman–Crippen MR) is 75.8 cm³/mol. The van der Waals surface area contributed by atoms with Crippen molar-refractivity contribution >= 4 is 5.69 Å². The molecule has 1 heterocycles. The van der Waals surface area contributed by atoms with Gasteiger partial charge in [-0.3, -0.25) is 0 Å². The molecule has 0 aromatic heterocycles. The van der Waals surface area contributed by atoms with Crippen LogP contribution in [-0.4, -0.2) is 37.5 Å². The highest BCUT2D eigenvalue weighted by Gasteiger charge is 2.31. The van der Waals surface area contributed by atoms with Crippen LogP contribution in [0.1, 0.15) is 25.8 Å². The van der Waals surface area contributed by atoms with Gasteiger partial charge in [-0.2, -0.15) is 0 Å². The molecule has 0 atom stereocenters. The number of benzene rings is 1. The summed E-state index contributed by atoms with van der Waals surface area (Å²) in [5.41, 5.74) is 1.77. The molecule has 0 saturated carbocycles. The van der Waals surface area contributed by atoms with Gasteiger partial charge in [0.1, 0.15) is 11.4 Å². The Balaban J connectivity index is 2.22. The number of aliphatic hydroxyl groups is 1. The topological polar surface area (TPSA) is 41.9 Å². The van der Waals surface area contributed by atoms with Crippen molar-refractivity contribution in [3.05, 3.63) is 23.8 Å². The first-order valence-corrected chi connectivity index (χ1v) is 6.72. The largest absolute Gasteiger partial charge is 0.484 e. The van der Waals surface area contributed by atoms with E-state index in [9.17, 15) is 5.11 Å². The number of methoxy groups -OCH3 is 1. The van der Waals surface area contributed by atoms with E-state index in [0.29, 0.717) is 0 Å². The van der Waals surface area contributed by atoms with E-state index in [-0.39, 0.29) is 12.2 Å². The van der Waals surface area contributed by atoms with Crippen LogP contribution < -0.4 is 9.64 Å². The maximum atomic E-state index is 9.22. The summed E-state index contributed by atoms with van der Waals surface area (Å²) in [6.45, 7) is 6.80. The molecule has 1 N–H and O–H groups in total. The first-order valence-electron chi connectivity index (χ1n) is 6.72. The lowest BCUT2D eigenvalue weighted by atomic mass is 10.0. The molecular formula is C15H23NO3. The Labute approximate surface area is 114 Å². The van der Waals surface area contributed by atoms with Crippen molar-refractivity contribution in [2.45, 2.75) is 32.5 Å². The molecule has 0 bridgehead atoms. The van der Waals surface area contributed by atoms with E-state index < -0.39 is 0 Å². The SMILES string of the molecule is COCCCN1CC(C)(C)Oc2cc(CO)ccc21. The van der Waals surface area contributed by atoms with Crippen molar-refractivity contribution in [2.24, 2.45) is 0 Å². The number of fused-ring (bicyclic) bond motifs is 1. The molecule has 0 saturated heterocycles. The van der Waals surface area contributed by atoms with Gasteiger partial charge in [-0.1, -0.05) is 6.07 Å². The van der Waals surface area contributed by atoms with Gasteiger partial charge in [0.15, 0.2) is 0 Å². The second-order valence-corrected chi connectivity index (χ2v) is 5.59. The van der Waals surface area contributed by atoms with E-state index in [1.165, 1.54) is 0 Å². The summed E-state index contributed by atoms with van der Waals surface area (Å²) in [6.07, 6.45) is 0.994. The van der Waals surface area contributed by atoms with Crippen LogP contribution in [0.3, 0.4) is 0 Å². The molecule has 106 valence electrons. The van der Waals surface area contributed by atoms with Crippen molar-refractivity contribution in [2.75, 3.05) is 31.7 Å². The number of rotatable bonds is 5. The van der Waals surface area contributed by atoms with Gasteiger partial charge in [-0.25, -0.2) is 0 Å². The fourth-order valence-electron chi connectivity index (χ4n) is 2.47. The summed E-state index contributed by atoms with van der Waals surface area (Å²) < 4.78 is 11.1. The molecule has 1 aliphatic heterocycles. The summed E-state index contributed by atoms with van der Waals surface area (Å²) in [6, 6.07) is 5.91. The lowest BCUT2D eigenvalue weighted by molar-refractivity contribution is 0.103. The van der Waals surface area contributed by atoms with Crippen molar-refractivity contribution < 1.29 is 14.6 Å². The van der Waals surface area contributed by atoms with Crippen LogP contribution in [0.5, 0.6) is 5.75 Å². The molecular weight excluding hydrogens is 242 g/mol. The third kappa shape index (κ3) is 3.39. The number of ether oxygens (including phenoxy) is 2.